The summed E-state index contributed by atoms with van der Waals surface area (Å²) in [4.78, 5) is 0. The average molecular weight is 312 g/mol. The van der Waals surface area contributed by atoms with E-state index in [1.165, 1.54) is 25.7 Å². The molecule has 0 saturated carbocycles. The number of rotatable bonds is 0. The molecule has 3 rings (SSSR count). The molecular weight excluding hydrogens is 304 g/mol. The van der Waals surface area contributed by atoms with Crippen molar-refractivity contribution in [2.24, 2.45) is 0 Å². The minimum atomic E-state index is 0.798. The zero-order chi connectivity index (χ0) is 11.3. The molecule has 0 atom stereocenters. The summed E-state index contributed by atoms with van der Waals surface area (Å²) in [6.07, 6.45) is 0. The van der Waals surface area contributed by atoms with Crippen LogP contribution in [0.4, 0.5) is 0 Å². The van der Waals surface area contributed by atoms with E-state index in [2.05, 4.69) is 47.1 Å². The van der Waals surface area contributed by atoms with Gasteiger partial charge in [-0.25, -0.2) is 0 Å². The van der Waals surface area contributed by atoms with Crippen LogP contribution in [0.3, 0.4) is 0 Å². The van der Waals surface area contributed by atoms with Crippen LogP contribution in [0, 0.1) is 6.92 Å². The molecule has 0 aliphatic carbocycles. The number of thiophene rings is 1. The number of benzene rings is 2. The molecule has 0 amide bonds. The van der Waals surface area contributed by atoms with Gasteiger partial charge < -0.3 is 0 Å². The van der Waals surface area contributed by atoms with Crippen LogP contribution in [0.25, 0.3) is 20.2 Å². The van der Waals surface area contributed by atoms with Crippen molar-refractivity contribution in [1.82, 2.24) is 0 Å². The molecule has 0 aliphatic rings. The van der Waals surface area contributed by atoms with E-state index in [-0.39, 0.29) is 0 Å². The second kappa shape index (κ2) is 3.73. The van der Waals surface area contributed by atoms with Crippen LogP contribution in [0.15, 0.2) is 34.8 Å². The smallest absolute Gasteiger partial charge is 0.0500 e. The number of halogens is 2. The normalized spacial score (nSPS) is 11.4. The lowest BCUT2D eigenvalue weighted by Gasteiger charge is -1.99. The molecule has 0 aliphatic heterocycles. The molecule has 3 aromatic rings. The van der Waals surface area contributed by atoms with Crippen LogP contribution in [0.1, 0.15) is 5.56 Å². The summed E-state index contributed by atoms with van der Waals surface area (Å²) in [5, 5.41) is 3.37. The summed E-state index contributed by atoms with van der Waals surface area (Å²) >= 11 is 11.5. The Balaban J connectivity index is 2.62. The third-order valence-electron chi connectivity index (χ3n) is 2.74. The maximum Gasteiger partial charge on any atom is 0.0500 e. The molecule has 3 heteroatoms. The first-order valence-corrected chi connectivity index (χ1v) is 6.92. The van der Waals surface area contributed by atoms with Crippen molar-refractivity contribution in [2.45, 2.75) is 6.92 Å². The van der Waals surface area contributed by atoms with E-state index in [9.17, 15) is 0 Å². The first-order chi connectivity index (χ1) is 7.66. The maximum absolute atomic E-state index is 6.06. The maximum atomic E-state index is 6.06. The van der Waals surface area contributed by atoms with Crippen molar-refractivity contribution < 1.29 is 0 Å². The second-order valence-electron chi connectivity index (χ2n) is 3.81. The van der Waals surface area contributed by atoms with Crippen LogP contribution in [-0.2, 0) is 0 Å². The van der Waals surface area contributed by atoms with Gasteiger partial charge >= 0.3 is 0 Å². The van der Waals surface area contributed by atoms with Gasteiger partial charge in [0, 0.05) is 29.7 Å². The van der Waals surface area contributed by atoms with Gasteiger partial charge in [-0.2, -0.15) is 0 Å². The SMILES string of the molecule is Cc1ccc(Br)c2sc3ccc(Cl)cc3c12. The largest absolute Gasteiger partial charge is 0.134 e. The highest BCUT2D eigenvalue weighted by molar-refractivity contribution is 9.10. The van der Waals surface area contributed by atoms with Gasteiger partial charge in [-0.05, 0) is 52.7 Å². The van der Waals surface area contributed by atoms with Gasteiger partial charge in [0.05, 0.1) is 0 Å². The molecule has 0 fully saturated rings. The molecule has 2 aromatic carbocycles. The Labute approximate surface area is 111 Å². The van der Waals surface area contributed by atoms with E-state index in [4.69, 9.17) is 11.6 Å². The molecule has 0 N–H and O–H groups in total. The molecule has 0 radical (unpaired) electrons. The van der Waals surface area contributed by atoms with E-state index >= 15 is 0 Å². The molecule has 1 heterocycles. The minimum absolute atomic E-state index is 0.798. The molecule has 0 bridgehead atoms. The zero-order valence-electron chi connectivity index (χ0n) is 8.55. The van der Waals surface area contributed by atoms with Crippen LogP contribution >= 0.6 is 38.9 Å². The predicted octanol–water partition coefficient (Wildman–Crippen LogP) is 5.78. The van der Waals surface area contributed by atoms with Crippen LogP contribution < -0.4 is 0 Å². The van der Waals surface area contributed by atoms with E-state index in [1.54, 1.807) is 11.3 Å². The van der Waals surface area contributed by atoms with Crippen molar-refractivity contribution >= 4 is 59.0 Å². The Bertz CT molecular complexity index is 700. The fraction of sp³-hybridized carbons (Fsp3) is 0.0769. The lowest BCUT2D eigenvalue weighted by atomic mass is 10.1. The molecule has 1 aromatic heterocycles. The summed E-state index contributed by atoms with van der Waals surface area (Å²) in [5.41, 5.74) is 1.30. The Morgan fingerprint density at radius 1 is 1.19 bits per heavy atom. The van der Waals surface area contributed by atoms with Crippen molar-refractivity contribution in [2.75, 3.05) is 0 Å². The van der Waals surface area contributed by atoms with Gasteiger partial charge in [0.2, 0.25) is 0 Å². The fourth-order valence-corrected chi connectivity index (χ4v) is 3.90. The molecule has 0 unspecified atom stereocenters. The van der Waals surface area contributed by atoms with Gasteiger partial charge in [0.1, 0.15) is 0 Å². The van der Waals surface area contributed by atoms with E-state index < -0.39 is 0 Å². The average Bonchev–Trinajstić information content (AvgIpc) is 2.63. The highest BCUT2D eigenvalue weighted by Crippen LogP contribution is 2.40. The van der Waals surface area contributed by atoms with Gasteiger partial charge in [0.25, 0.3) is 0 Å². The first-order valence-electron chi connectivity index (χ1n) is 4.93. The highest BCUT2D eigenvalue weighted by Gasteiger charge is 2.10. The Morgan fingerprint density at radius 2 is 2.00 bits per heavy atom. The summed E-state index contributed by atoms with van der Waals surface area (Å²) in [7, 11) is 0. The van der Waals surface area contributed by atoms with Crippen molar-refractivity contribution in [3.05, 3.63) is 45.4 Å². The highest BCUT2D eigenvalue weighted by atomic mass is 79.9. The van der Waals surface area contributed by atoms with Gasteiger partial charge in [-0.15, -0.1) is 11.3 Å². The predicted molar refractivity (Wildman–Crippen MR) is 76.8 cm³/mol. The Morgan fingerprint density at radius 3 is 2.81 bits per heavy atom. The Hall–Kier alpha value is -0.570. The van der Waals surface area contributed by atoms with Crippen LogP contribution in [-0.4, -0.2) is 0 Å². The van der Waals surface area contributed by atoms with Crippen molar-refractivity contribution in [3.8, 4) is 0 Å². The first kappa shape index (κ1) is 10.6. The van der Waals surface area contributed by atoms with E-state index in [1.807, 2.05) is 6.07 Å². The molecule has 0 spiro atoms. The van der Waals surface area contributed by atoms with Crippen molar-refractivity contribution in [1.29, 1.82) is 0 Å². The molecule has 16 heavy (non-hydrogen) atoms. The third kappa shape index (κ3) is 1.48. The van der Waals surface area contributed by atoms with Gasteiger partial charge in [-0.1, -0.05) is 17.7 Å². The number of fused-ring (bicyclic) bond motifs is 3. The summed E-state index contributed by atoms with van der Waals surface area (Å²) in [5.74, 6) is 0. The number of hydrogen-bond acceptors (Lipinski definition) is 1. The lowest BCUT2D eigenvalue weighted by Crippen LogP contribution is -1.75. The Kier molecular flexibility index (Phi) is 2.46. The fourth-order valence-electron chi connectivity index (χ4n) is 1.99. The summed E-state index contributed by atoms with van der Waals surface area (Å²) in [6, 6.07) is 10.3. The van der Waals surface area contributed by atoms with Gasteiger partial charge in [0.15, 0.2) is 0 Å². The van der Waals surface area contributed by atoms with Crippen LogP contribution in [0.5, 0.6) is 0 Å². The quantitative estimate of drug-likeness (QED) is 0.494. The number of aryl methyl sites for hydroxylation is 1. The molecule has 80 valence electrons. The van der Waals surface area contributed by atoms with Crippen LogP contribution in [0.2, 0.25) is 5.02 Å². The van der Waals surface area contributed by atoms with E-state index in [0.717, 1.165) is 9.50 Å². The lowest BCUT2D eigenvalue weighted by molar-refractivity contribution is 1.54. The molecular formula is C13H8BrClS. The zero-order valence-corrected chi connectivity index (χ0v) is 11.7. The number of hydrogen-bond donors (Lipinski definition) is 0. The molecule has 0 nitrogen and oxygen atoms in total. The third-order valence-corrected chi connectivity index (χ3v) is 5.10. The summed E-state index contributed by atoms with van der Waals surface area (Å²) < 4.78 is 3.75. The monoisotopic (exact) mass is 310 g/mol. The second-order valence-corrected chi connectivity index (χ2v) is 6.15. The topological polar surface area (TPSA) is 0 Å². The van der Waals surface area contributed by atoms with Crippen molar-refractivity contribution in [3.63, 3.8) is 0 Å². The summed E-state index contributed by atoms with van der Waals surface area (Å²) in [6.45, 7) is 2.14. The van der Waals surface area contributed by atoms with Gasteiger partial charge in [-0.3, -0.25) is 0 Å². The van der Waals surface area contributed by atoms with E-state index in [0.29, 0.717) is 0 Å². The minimum Gasteiger partial charge on any atom is -0.134 e. The standard InChI is InChI=1S/C13H8BrClS/c1-7-2-4-10(14)13-12(7)9-6-8(15)3-5-11(9)16-13/h2-6H,1H3. The molecule has 0 saturated heterocycles.